The first kappa shape index (κ1) is 22.5. The Hall–Kier alpha value is -2.67. The van der Waals surface area contributed by atoms with Gasteiger partial charge in [-0.25, -0.2) is 8.42 Å². The van der Waals surface area contributed by atoms with Gasteiger partial charge in [-0.3, -0.25) is 4.79 Å². The van der Waals surface area contributed by atoms with Crippen LogP contribution in [0.25, 0.3) is 0 Å². The zero-order valence-electron chi connectivity index (χ0n) is 17.8. The number of carbonyl (C=O) groups excluding carboxylic acids is 1. The lowest BCUT2D eigenvalue weighted by Crippen LogP contribution is -2.31. The van der Waals surface area contributed by atoms with Crippen molar-refractivity contribution in [3.05, 3.63) is 100 Å². The largest absolute Gasteiger partial charge is 0.341 e. The first-order chi connectivity index (χ1) is 15.4. The van der Waals surface area contributed by atoms with Gasteiger partial charge in [0.05, 0.1) is 10.9 Å². The van der Waals surface area contributed by atoms with Crippen molar-refractivity contribution in [2.45, 2.75) is 30.7 Å². The minimum atomic E-state index is -3.61. The summed E-state index contributed by atoms with van der Waals surface area (Å²) in [5, 5.41) is 3.70. The molecule has 1 aliphatic rings. The second kappa shape index (κ2) is 9.45. The van der Waals surface area contributed by atoms with E-state index in [0.29, 0.717) is 29.2 Å². The van der Waals surface area contributed by atoms with Gasteiger partial charge in [-0.05, 0) is 60.7 Å². The average molecular weight is 469 g/mol. The third-order valence-electron chi connectivity index (χ3n) is 5.77. The van der Waals surface area contributed by atoms with Gasteiger partial charge in [-0.1, -0.05) is 60.1 Å². The van der Waals surface area contributed by atoms with Crippen LogP contribution in [0.15, 0.2) is 77.7 Å². The quantitative estimate of drug-likeness (QED) is 0.556. The molecule has 0 spiro atoms. The monoisotopic (exact) mass is 468 g/mol. The third kappa shape index (κ3) is 4.72. The Balaban J connectivity index is 1.67. The van der Waals surface area contributed by atoms with Crippen molar-refractivity contribution in [1.29, 1.82) is 0 Å². The van der Waals surface area contributed by atoms with E-state index in [1.807, 2.05) is 42.5 Å². The molecule has 4 rings (SSSR count). The molecule has 7 heteroatoms. The van der Waals surface area contributed by atoms with Gasteiger partial charge in [0, 0.05) is 23.7 Å². The SMILES string of the molecule is Cc1ccc(S(=O)(=O)N2CCCC2)cc1C(=O)N[C@H](c1ccccc1)c1ccc(Cl)cc1. The third-order valence-corrected chi connectivity index (χ3v) is 7.91. The van der Waals surface area contributed by atoms with E-state index in [4.69, 9.17) is 11.6 Å². The molecule has 1 N–H and O–H groups in total. The second-order valence-electron chi connectivity index (χ2n) is 7.96. The van der Waals surface area contributed by atoms with Crippen molar-refractivity contribution >= 4 is 27.5 Å². The molecule has 1 fully saturated rings. The maximum absolute atomic E-state index is 13.3. The topological polar surface area (TPSA) is 66.5 Å². The van der Waals surface area contributed by atoms with Gasteiger partial charge in [0.15, 0.2) is 0 Å². The van der Waals surface area contributed by atoms with Crippen LogP contribution in [0.1, 0.15) is 45.9 Å². The summed E-state index contributed by atoms with van der Waals surface area (Å²) in [6, 6.07) is 21.3. The smallest absolute Gasteiger partial charge is 0.252 e. The minimum Gasteiger partial charge on any atom is -0.341 e. The molecule has 1 atom stereocenters. The molecule has 1 aliphatic heterocycles. The molecule has 0 aliphatic carbocycles. The molecule has 0 aromatic heterocycles. The van der Waals surface area contributed by atoms with Crippen LogP contribution < -0.4 is 5.32 Å². The van der Waals surface area contributed by atoms with Crippen molar-refractivity contribution in [2.75, 3.05) is 13.1 Å². The van der Waals surface area contributed by atoms with Gasteiger partial charge in [-0.15, -0.1) is 0 Å². The Kier molecular flexibility index (Phi) is 6.65. The number of nitrogens with one attached hydrogen (secondary N) is 1. The van der Waals surface area contributed by atoms with Crippen LogP contribution in [0.5, 0.6) is 0 Å². The molecular formula is C25H25ClN2O3S. The first-order valence-corrected chi connectivity index (χ1v) is 12.4. The highest BCUT2D eigenvalue weighted by Crippen LogP contribution is 2.26. The average Bonchev–Trinajstić information content (AvgIpc) is 3.35. The van der Waals surface area contributed by atoms with Crippen molar-refractivity contribution in [1.82, 2.24) is 9.62 Å². The molecule has 5 nitrogen and oxygen atoms in total. The molecular weight excluding hydrogens is 444 g/mol. The predicted molar refractivity (Wildman–Crippen MR) is 126 cm³/mol. The molecule has 1 saturated heterocycles. The summed E-state index contributed by atoms with van der Waals surface area (Å²) in [7, 11) is -3.61. The lowest BCUT2D eigenvalue weighted by atomic mass is 9.98. The highest BCUT2D eigenvalue weighted by Gasteiger charge is 2.28. The number of hydrogen-bond acceptors (Lipinski definition) is 3. The van der Waals surface area contributed by atoms with E-state index in [0.717, 1.165) is 24.0 Å². The number of nitrogens with zero attached hydrogens (tertiary/aromatic N) is 1. The van der Waals surface area contributed by atoms with E-state index in [-0.39, 0.29) is 10.8 Å². The van der Waals surface area contributed by atoms with Crippen LogP contribution in [0.3, 0.4) is 0 Å². The van der Waals surface area contributed by atoms with E-state index in [1.54, 1.807) is 31.2 Å². The summed E-state index contributed by atoms with van der Waals surface area (Å²) in [6.07, 6.45) is 1.72. The molecule has 32 heavy (non-hydrogen) atoms. The highest BCUT2D eigenvalue weighted by atomic mass is 35.5. The summed E-state index contributed by atoms with van der Waals surface area (Å²) >= 11 is 6.05. The number of benzene rings is 3. The molecule has 3 aromatic carbocycles. The van der Waals surface area contributed by atoms with Crippen LogP contribution >= 0.6 is 11.6 Å². The van der Waals surface area contributed by atoms with Crippen LogP contribution in [0.4, 0.5) is 0 Å². The molecule has 166 valence electrons. The summed E-state index contributed by atoms with van der Waals surface area (Å²) in [4.78, 5) is 13.5. The van der Waals surface area contributed by atoms with Gasteiger partial charge in [0.25, 0.3) is 5.91 Å². The first-order valence-electron chi connectivity index (χ1n) is 10.6. The van der Waals surface area contributed by atoms with Crippen molar-refractivity contribution in [3.8, 4) is 0 Å². The fourth-order valence-electron chi connectivity index (χ4n) is 3.95. The van der Waals surface area contributed by atoms with Gasteiger partial charge < -0.3 is 5.32 Å². The Labute approximate surface area is 194 Å². The van der Waals surface area contributed by atoms with Crippen molar-refractivity contribution in [2.24, 2.45) is 0 Å². The van der Waals surface area contributed by atoms with Crippen molar-refractivity contribution < 1.29 is 13.2 Å². The lowest BCUT2D eigenvalue weighted by Gasteiger charge is -2.21. The molecule has 1 amide bonds. The van der Waals surface area contributed by atoms with E-state index in [9.17, 15) is 13.2 Å². The standard InChI is InChI=1S/C25H25ClN2O3S/c1-18-9-14-22(32(30,31)28-15-5-6-16-28)17-23(18)25(29)27-24(19-7-3-2-4-8-19)20-10-12-21(26)13-11-20/h2-4,7-14,17,24H,5-6,15-16H2,1H3,(H,27,29)/t24-/m1/s1. The van der Waals surface area contributed by atoms with Crippen LogP contribution in [0.2, 0.25) is 5.02 Å². The Morgan fingerprint density at radius 3 is 2.22 bits per heavy atom. The fraction of sp³-hybridized carbons (Fsp3) is 0.240. The van der Waals surface area contributed by atoms with E-state index in [1.165, 1.54) is 10.4 Å². The molecule has 0 saturated carbocycles. The van der Waals surface area contributed by atoms with E-state index < -0.39 is 16.1 Å². The van der Waals surface area contributed by atoms with Crippen molar-refractivity contribution in [3.63, 3.8) is 0 Å². The van der Waals surface area contributed by atoms with Gasteiger partial charge >= 0.3 is 0 Å². The van der Waals surface area contributed by atoms with Gasteiger partial charge in [0.2, 0.25) is 10.0 Å². The summed E-state index contributed by atoms with van der Waals surface area (Å²) in [5.74, 6) is -0.329. The number of aryl methyl sites for hydroxylation is 1. The maximum atomic E-state index is 13.3. The summed E-state index contributed by atoms with van der Waals surface area (Å²) < 4.78 is 27.5. The number of carbonyl (C=O) groups is 1. The van der Waals surface area contributed by atoms with Crippen LogP contribution in [0, 0.1) is 6.92 Å². The van der Waals surface area contributed by atoms with E-state index >= 15 is 0 Å². The summed E-state index contributed by atoms with van der Waals surface area (Å²) in [6.45, 7) is 2.84. The number of amides is 1. The molecule has 1 heterocycles. The Morgan fingerprint density at radius 2 is 1.56 bits per heavy atom. The van der Waals surface area contributed by atoms with Crippen LogP contribution in [-0.2, 0) is 10.0 Å². The van der Waals surface area contributed by atoms with Gasteiger partial charge in [-0.2, -0.15) is 4.31 Å². The molecule has 0 bridgehead atoms. The Morgan fingerprint density at radius 1 is 0.938 bits per heavy atom. The Bertz CT molecular complexity index is 1210. The molecule has 0 radical (unpaired) electrons. The maximum Gasteiger partial charge on any atom is 0.252 e. The molecule has 0 unspecified atom stereocenters. The fourth-order valence-corrected chi connectivity index (χ4v) is 5.62. The number of halogens is 1. The zero-order chi connectivity index (χ0) is 22.7. The molecule has 3 aromatic rings. The second-order valence-corrected chi connectivity index (χ2v) is 10.3. The summed E-state index contributed by atoms with van der Waals surface area (Å²) in [5.41, 5.74) is 2.86. The highest BCUT2D eigenvalue weighted by molar-refractivity contribution is 7.89. The normalized spacial score (nSPS) is 15.4. The zero-order valence-corrected chi connectivity index (χ0v) is 19.4. The number of sulfonamides is 1. The number of rotatable bonds is 6. The van der Waals surface area contributed by atoms with Gasteiger partial charge in [0.1, 0.15) is 0 Å². The van der Waals surface area contributed by atoms with Crippen LogP contribution in [-0.4, -0.2) is 31.7 Å². The minimum absolute atomic E-state index is 0.151. The van der Waals surface area contributed by atoms with E-state index in [2.05, 4.69) is 5.32 Å². The predicted octanol–water partition coefficient (Wildman–Crippen LogP) is 4.95. The lowest BCUT2D eigenvalue weighted by molar-refractivity contribution is 0.0942. The number of hydrogen-bond donors (Lipinski definition) is 1.